The Morgan fingerprint density at radius 1 is 1.47 bits per heavy atom. The van der Waals surface area contributed by atoms with Crippen molar-refractivity contribution in [2.45, 2.75) is 19.8 Å². The highest BCUT2D eigenvalue weighted by atomic mass is 16.1. The van der Waals surface area contributed by atoms with E-state index in [1.54, 1.807) is 12.1 Å². The smallest absolute Gasteiger partial charge is 0.225 e. The molecular weight excluding hydrogens is 240 g/mol. The number of anilines is 2. The number of carbonyl (C=O) groups excluding carboxylic acids is 1. The van der Waals surface area contributed by atoms with Gasteiger partial charge in [-0.3, -0.25) is 4.79 Å². The van der Waals surface area contributed by atoms with Gasteiger partial charge in [-0.05, 0) is 31.7 Å². The van der Waals surface area contributed by atoms with Crippen LogP contribution in [-0.4, -0.2) is 30.9 Å². The fraction of sp³-hybridized carbons (Fsp3) is 0.429. The minimum Gasteiger partial charge on any atom is -0.399 e. The molecule has 1 rings (SSSR count). The molecule has 0 saturated carbocycles. The lowest BCUT2D eigenvalue weighted by Crippen LogP contribution is -2.25. The number of nitrogens with zero attached hydrogens (tertiary/aromatic N) is 2. The van der Waals surface area contributed by atoms with Gasteiger partial charge in [-0.2, -0.15) is 5.26 Å². The van der Waals surface area contributed by atoms with E-state index in [4.69, 9.17) is 11.0 Å². The van der Waals surface area contributed by atoms with Gasteiger partial charge in [0, 0.05) is 37.3 Å². The lowest BCUT2D eigenvalue weighted by Gasteiger charge is -2.15. The Bertz CT molecular complexity index is 479. The minimum absolute atomic E-state index is 0.0440. The van der Waals surface area contributed by atoms with Gasteiger partial charge in [-0.25, -0.2) is 0 Å². The summed E-state index contributed by atoms with van der Waals surface area (Å²) in [6.07, 6.45) is 0.878. The van der Waals surface area contributed by atoms with E-state index >= 15 is 0 Å². The number of rotatable bonds is 6. The van der Waals surface area contributed by atoms with Crippen LogP contribution in [0.5, 0.6) is 0 Å². The van der Waals surface area contributed by atoms with Crippen molar-refractivity contribution in [1.82, 2.24) is 4.90 Å². The number of hydrogen-bond donors (Lipinski definition) is 2. The summed E-state index contributed by atoms with van der Waals surface area (Å²) >= 11 is 0. The van der Waals surface area contributed by atoms with Crippen molar-refractivity contribution < 1.29 is 4.79 Å². The predicted octanol–water partition coefficient (Wildman–Crippen LogP) is 1.75. The molecule has 5 heteroatoms. The Labute approximate surface area is 114 Å². The predicted molar refractivity (Wildman–Crippen MR) is 76.6 cm³/mol. The third-order valence-corrected chi connectivity index (χ3v) is 2.86. The van der Waals surface area contributed by atoms with Crippen molar-refractivity contribution in [1.29, 1.82) is 5.26 Å². The van der Waals surface area contributed by atoms with Crippen LogP contribution < -0.4 is 11.1 Å². The highest BCUT2D eigenvalue weighted by Crippen LogP contribution is 2.18. The number of nitrogens with two attached hydrogens (primary N) is 1. The summed E-state index contributed by atoms with van der Waals surface area (Å²) in [5, 5.41) is 11.3. The first-order valence-electron chi connectivity index (χ1n) is 6.24. The molecule has 0 radical (unpaired) electrons. The Morgan fingerprint density at radius 3 is 2.89 bits per heavy atom. The molecule has 0 aliphatic rings. The molecule has 1 amide bonds. The summed E-state index contributed by atoms with van der Waals surface area (Å²) in [7, 11) is 1.90. The van der Waals surface area contributed by atoms with Crippen LogP contribution >= 0.6 is 0 Å². The quantitative estimate of drug-likeness (QED) is 0.763. The first-order chi connectivity index (χ1) is 9.02. The van der Waals surface area contributed by atoms with E-state index in [2.05, 4.69) is 11.4 Å². The van der Waals surface area contributed by atoms with Crippen LogP contribution in [-0.2, 0) is 4.79 Å². The SMILES string of the molecule is Cc1ccc(N)cc1NC(=O)CCN(C)CCC#N. The lowest BCUT2D eigenvalue weighted by molar-refractivity contribution is -0.116. The molecule has 0 aliphatic heterocycles. The maximum Gasteiger partial charge on any atom is 0.225 e. The number of nitriles is 1. The average molecular weight is 260 g/mol. The van der Waals surface area contributed by atoms with Crippen molar-refractivity contribution in [2.24, 2.45) is 0 Å². The molecule has 5 nitrogen and oxygen atoms in total. The third kappa shape index (κ3) is 5.40. The van der Waals surface area contributed by atoms with Crippen molar-refractivity contribution in [3.05, 3.63) is 23.8 Å². The Balaban J connectivity index is 2.43. The maximum atomic E-state index is 11.8. The van der Waals surface area contributed by atoms with Gasteiger partial charge in [-0.1, -0.05) is 6.07 Å². The van der Waals surface area contributed by atoms with E-state index in [0.717, 1.165) is 11.3 Å². The summed E-state index contributed by atoms with van der Waals surface area (Å²) in [6, 6.07) is 7.53. The molecule has 19 heavy (non-hydrogen) atoms. The number of amides is 1. The average Bonchev–Trinajstić information content (AvgIpc) is 2.38. The number of nitrogen functional groups attached to an aromatic ring is 1. The Morgan fingerprint density at radius 2 is 2.21 bits per heavy atom. The van der Waals surface area contributed by atoms with Crippen molar-refractivity contribution in [3.63, 3.8) is 0 Å². The number of benzene rings is 1. The van der Waals surface area contributed by atoms with Crippen LogP contribution in [0.3, 0.4) is 0 Å². The van der Waals surface area contributed by atoms with Crippen molar-refractivity contribution in [2.75, 3.05) is 31.2 Å². The summed E-state index contributed by atoms with van der Waals surface area (Å²) in [4.78, 5) is 13.8. The number of nitrogens with one attached hydrogen (secondary N) is 1. The van der Waals surface area contributed by atoms with Crippen LogP contribution in [0.4, 0.5) is 11.4 Å². The normalized spacial score (nSPS) is 10.2. The van der Waals surface area contributed by atoms with Gasteiger partial charge in [0.2, 0.25) is 5.91 Å². The number of hydrogen-bond acceptors (Lipinski definition) is 4. The van der Waals surface area contributed by atoms with E-state index < -0.39 is 0 Å². The molecule has 0 unspecified atom stereocenters. The van der Waals surface area contributed by atoms with Crippen LogP contribution in [0.25, 0.3) is 0 Å². The van der Waals surface area contributed by atoms with Gasteiger partial charge in [0.1, 0.15) is 0 Å². The second kappa shape index (κ2) is 7.39. The Hall–Kier alpha value is -2.06. The molecule has 0 atom stereocenters. The molecule has 102 valence electrons. The van der Waals surface area contributed by atoms with Gasteiger partial charge >= 0.3 is 0 Å². The largest absolute Gasteiger partial charge is 0.399 e. The molecule has 0 fully saturated rings. The van der Waals surface area contributed by atoms with Gasteiger partial charge in [0.15, 0.2) is 0 Å². The second-order valence-corrected chi connectivity index (χ2v) is 4.58. The highest BCUT2D eigenvalue weighted by molar-refractivity contribution is 5.92. The summed E-state index contributed by atoms with van der Waals surface area (Å²) < 4.78 is 0. The molecule has 1 aromatic carbocycles. The highest BCUT2D eigenvalue weighted by Gasteiger charge is 2.07. The molecule has 3 N–H and O–H groups in total. The van der Waals surface area contributed by atoms with E-state index in [1.165, 1.54) is 0 Å². The Kier molecular flexibility index (Phi) is 5.83. The van der Waals surface area contributed by atoms with Crippen LogP contribution in [0, 0.1) is 18.3 Å². The van der Waals surface area contributed by atoms with Gasteiger partial charge in [0.25, 0.3) is 0 Å². The van der Waals surface area contributed by atoms with E-state index in [-0.39, 0.29) is 5.91 Å². The lowest BCUT2D eigenvalue weighted by atomic mass is 10.2. The topological polar surface area (TPSA) is 82.2 Å². The number of carbonyl (C=O) groups is 1. The van der Waals surface area contributed by atoms with Gasteiger partial charge in [-0.15, -0.1) is 0 Å². The standard InChI is InChI=1S/C14H20N4O/c1-11-4-5-12(16)10-13(11)17-14(19)6-9-18(2)8-3-7-15/h4-5,10H,3,6,8-9,16H2,1-2H3,(H,17,19). The molecule has 0 aromatic heterocycles. The number of aryl methyl sites for hydroxylation is 1. The van der Waals surface area contributed by atoms with Crippen molar-refractivity contribution >= 4 is 17.3 Å². The zero-order valence-corrected chi connectivity index (χ0v) is 11.4. The zero-order valence-electron chi connectivity index (χ0n) is 11.4. The van der Waals surface area contributed by atoms with Gasteiger partial charge in [0.05, 0.1) is 6.07 Å². The first-order valence-corrected chi connectivity index (χ1v) is 6.24. The third-order valence-electron chi connectivity index (χ3n) is 2.86. The second-order valence-electron chi connectivity index (χ2n) is 4.58. The van der Waals surface area contributed by atoms with Gasteiger partial charge < -0.3 is 16.0 Å². The molecule has 0 spiro atoms. The van der Waals surface area contributed by atoms with E-state index in [0.29, 0.717) is 31.6 Å². The van der Waals surface area contributed by atoms with Crippen molar-refractivity contribution in [3.8, 4) is 6.07 Å². The summed E-state index contributed by atoms with van der Waals surface area (Å²) in [5.74, 6) is -0.0440. The molecule has 0 saturated heterocycles. The maximum absolute atomic E-state index is 11.8. The molecule has 0 bridgehead atoms. The fourth-order valence-corrected chi connectivity index (χ4v) is 1.63. The van der Waals surface area contributed by atoms with Crippen LogP contribution in [0.1, 0.15) is 18.4 Å². The summed E-state index contributed by atoms with van der Waals surface area (Å²) in [5.41, 5.74) is 8.06. The molecular formula is C14H20N4O. The molecule has 0 heterocycles. The fourth-order valence-electron chi connectivity index (χ4n) is 1.63. The molecule has 1 aromatic rings. The van der Waals surface area contributed by atoms with E-state index in [1.807, 2.05) is 24.9 Å². The first kappa shape index (κ1) is 15.0. The minimum atomic E-state index is -0.0440. The molecule has 0 aliphatic carbocycles. The monoisotopic (exact) mass is 260 g/mol. The summed E-state index contributed by atoms with van der Waals surface area (Å²) in [6.45, 7) is 3.24. The zero-order chi connectivity index (χ0) is 14.3. The van der Waals surface area contributed by atoms with Crippen LogP contribution in [0.15, 0.2) is 18.2 Å². The van der Waals surface area contributed by atoms with E-state index in [9.17, 15) is 4.79 Å². The van der Waals surface area contributed by atoms with Crippen LogP contribution in [0.2, 0.25) is 0 Å².